The Balaban J connectivity index is 0. The van der Waals surface area contributed by atoms with E-state index in [0.29, 0.717) is 5.57 Å². The van der Waals surface area contributed by atoms with Gasteiger partial charge in [0.1, 0.15) is 0 Å². The topological polar surface area (TPSA) is 115 Å². The van der Waals surface area contributed by atoms with Gasteiger partial charge in [0.2, 0.25) is 0 Å². The Kier molecular flexibility index (Phi) is 7.99. The molecule has 7 nitrogen and oxygen atoms in total. The van der Waals surface area contributed by atoms with E-state index in [0.717, 1.165) is 17.4 Å². The maximum atomic E-state index is 10.3. The van der Waals surface area contributed by atoms with Gasteiger partial charge in [0.25, 0.3) is 0 Å². The van der Waals surface area contributed by atoms with E-state index in [9.17, 15) is 9.90 Å². The van der Waals surface area contributed by atoms with Gasteiger partial charge < -0.3 is 14.4 Å². The largest absolute Gasteiger partial charge is 0.545 e. The number of rotatable bonds is 4. The molecular weight excluding hydrogens is 250 g/mol. The van der Waals surface area contributed by atoms with E-state index in [1.807, 2.05) is 0 Å². The standard InChI is InChI=1S/C9H17NO2.H2O4S/c1-8(9(11)12)6-5-7-10(2,3)4;1-5(2,3)4/h6H,5,7H2,1-4H3;(H2,1,2,3,4). The monoisotopic (exact) mass is 269 g/mol. The number of hydrogen-bond acceptors (Lipinski definition) is 4. The van der Waals surface area contributed by atoms with Crippen molar-refractivity contribution >= 4 is 16.4 Å². The molecule has 0 rings (SSSR count). The molecule has 0 spiro atoms. The summed E-state index contributed by atoms with van der Waals surface area (Å²) in [4.78, 5) is 10.3. The van der Waals surface area contributed by atoms with Gasteiger partial charge in [-0.05, 0) is 12.5 Å². The van der Waals surface area contributed by atoms with E-state index in [1.54, 1.807) is 13.0 Å². The van der Waals surface area contributed by atoms with Gasteiger partial charge in [-0.1, -0.05) is 6.08 Å². The van der Waals surface area contributed by atoms with Crippen molar-refractivity contribution in [2.24, 2.45) is 0 Å². The van der Waals surface area contributed by atoms with Crippen LogP contribution in [0.15, 0.2) is 11.6 Å². The van der Waals surface area contributed by atoms with Gasteiger partial charge in [-0.2, -0.15) is 8.42 Å². The molecule has 0 aliphatic carbocycles. The number of nitrogens with zero attached hydrogens (tertiary/aromatic N) is 1. The lowest BCUT2D eigenvalue weighted by Gasteiger charge is -2.23. The third-order valence-corrected chi connectivity index (χ3v) is 1.57. The highest BCUT2D eigenvalue weighted by molar-refractivity contribution is 7.79. The number of carbonyl (C=O) groups excluding carboxylic acids is 1. The average molecular weight is 269 g/mol. The molecular formula is C9H19NO6S. The van der Waals surface area contributed by atoms with E-state index in [4.69, 9.17) is 17.5 Å². The Morgan fingerprint density at radius 3 is 1.88 bits per heavy atom. The molecule has 8 heteroatoms. The molecule has 0 aliphatic rings. The van der Waals surface area contributed by atoms with Crippen LogP contribution in [0.4, 0.5) is 0 Å². The lowest BCUT2D eigenvalue weighted by atomic mass is 10.2. The number of aliphatic carboxylic acids is 1. The zero-order valence-electron chi connectivity index (χ0n) is 10.4. The molecule has 17 heavy (non-hydrogen) atoms. The van der Waals surface area contributed by atoms with Crippen molar-refractivity contribution in [3.63, 3.8) is 0 Å². The lowest BCUT2D eigenvalue weighted by Crippen LogP contribution is -2.35. The van der Waals surface area contributed by atoms with Crippen LogP contribution >= 0.6 is 0 Å². The molecule has 0 unspecified atom stereocenters. The fourth-order valence-corrected chi connectivity index (χ4v) is 0.752. The van der Waals surface area contributed by atoms with Gasteiger partial charge in [0.05, 0.1) is 33.7 Å². The van der Waals surface area contributed by atoms with E-state index < -0.39 is 16.4 Å². The molecule has 2 N–H and O–H groups in total. The van der Waals surface area contributed by atoms with E-state index >= 15 is 0 Å². The Labute approximate surface area is 102 Å². The highest BCUT2D eigenvalue weighted by Crippen LogP contribution is 1.98. The summed E-state index contributed by atoms with van der Waals surface area (Å²) in [6, 6.07) is 0. The molecule has 0 bridgehead atoms. The summed E-state index contributed by atoms with van der Waals surface area (Å²) < 4.78 is 32.4. The van der Waals surface area contributed by atoms with Crippen LogP contribution < -0.4 is 5.11 Å². The molecule has 0 saturated carbocycles. The predicted octanol–water partition coefficient (Wildman–Crippen LogP) is -0.874. The molecule has 0 aromatic rings. The van der Waals surface area contributed by atoms with Crippen molar-refractivity contribution in [1.29, 1.82) is 0 Å². The summed E-state index contributed by atoms with van der Waals surface area (Å²) in [5.74, 6) is -1.07. The van der Waals surface area contributed by atoms with Crippen molar-refractivity contribution in [3.8, 4) is 0 Å². The molecule has 0 heterocycles. The quantitative estimate of drug-likeness (QED) is 0.389. The van der Waals surface area contributed by atoms with Crippen LogP contribution in [0.1, 0.15) is 13.3 Å². The number of quaternary nitrogens is 1. The SMILES string of the molecule is CC(=CCC[N+](C)(C)C)C(=O)[O-].O=S(=O)(O)O. The summed E-state index contributed by atoms with van der Waals surface area (Å²) in [5.41, 5.74) is 0.323. The van der Waals surface area contributed by atoms with Crippen LogP contribution in [0.2, 0.25) is 0 Å². The fourth-order valence-electron chi connectivity index (χ4n) is 0.752. The first-order valence-corrected chi connectivity index (χ1v) is 6.11. The highest BCUT2D eigenvalue weighted by atomic mass is 32.3. The van der Waals surface area contributed by atoms with E-state index in [1.165, 1.54) is 0 Å². The molecule has 0 atom stereocenters. The Hall–Kier alpha value is -0.960. The Morgan fingerprint density at radius 1 is 1.29 bits per heavy atom. The first-order valence-electron chi connectivity index (χ1n) is 4.71. The average Bonchev–Trinajstić information content (AvgIpc) is 1.97. The van der Waals surface area contributed by atoms with Gasteiger partial charge in [-0.3, -0.25) is 9.11 Å². The van der Waals surface area contributed by atoms with Gasteiger partial charge >= 0.3 is 10.4 Å². The molecule has 0 aromatic heterocycles. The summed E-state index contributed by atoms with van der Waals surface area (Å²) in [5, 5.41) is 10.3. The van der Waals surface area contributed by atoms with Gasteiger partial charge in [0.15, 0.2) is 0 Å². The Bertz CT molecular complexity index is 357. The number of carbonyl (C=O) groups is 1. The van der Waals surface area contributed by atoms with Crippen LogP contribution in [-0.2, 0) is 15.2 Å². The molecule has 0 radical (unpaired) electrons. The maximum Gasteiger partial charge on any atom is 0.394 e. The normalized spacial score (nSPS) is 12.7. The second kappa shape index (κ2) is 7.38. The minimum atomic E-state index is -4.67. The highest BCUT2D eigenvalue weighted by Gasteiger charge is 2.03. The van der Waals surface area contributed by atoms with E-state index in [2.05, 4.69) is 21.1 Å². The first-order chi connectivity index (χ1) is 7.33. The summed E-state index contributed by atoms with van der Waals surface area (Å²) in [6.07, 6.45) is 2.49. The van der Waals surface area contributed by atoms with Crippen molar-refractivity contribution in [3.05, 3.63) is 11.6 Å². The minimum Gasteiger partial charge on any atom is -0.545 e. The third kappa shape index (κ3) is 25.4. The minimum absolute atomic E-state index is 0.323. The summed E-state index contributed by atoms with van der Waals surface area (Å²) >= 11 is 0. The van der Waals surface area contributed by atoms with Gasteiger partial charge in [-0.25, -0.2) is 0 Å². The van der Waals surface area contributed by atoms with Crippen LogP contribution in [-0.4, -0.2) is 55.7 Å². The second-order valence-electron chi connectivity index (χ2n) is 4.43. The van der Waals surface area contributed by atoms with Crippen molar-refractivity contribution < 1.29 is 31.9 Å². The first kappa shape index (κ1) is 18.4. The molecule has 0 aromatic carbocycles. The zero-order chi connectivity index (χ0) is 14.3. The molecule has 0 amide bonds. The second-order valence-corrected chi connectivity index (χ2v) is 5.32. The molecule has 0 fully saturated rings. The van der Waals surface area contributed by atoms with Crippen LogP contribution in [0.5, 0.6) is 0 Å². The van der Waals surface area contributed by atoms with Crippen LogP contribution in [0.25, 0.3) is 0 Å². The maximum absolute atomic E-state index is 10.3. The third-order valence-electron chi connectivity index (χ3n) is 1.57. The number of hydrogen-bond donors (Lipinski definition) is 2. The van der Waals surface area contributed by atoms with Crippen molar-refractivity contribution in [2.45, 2.75) is 13.3 Å². The number of carboxylic acid groups (broad SMARTS) is 1. The lowest BCUT2D eigenvalue weighted by molar-refractivity contribution is -0.869. The zero-order valence-corrected chi connectivity index (χ0v) is 11.2. The predicted molar refractivity (Wildman–Crippen MR) is 60.5 cm³/mol. The number of carboxylic acids is 1. The van der Waals surface area contributed by atoms with Gasteiger partial charge in [0, 0.05) is 6.42 Å². The van der Waals surface area contributed by atoms with E-state index in [-0.39, 0.29) is 0 Å². The molecule has 0 saturated heterocycles. The molecule has 102 valence electrons. The summed E-state index contributed by atoms with van der Waals surface area (Å²) in [6.45, 7) is 2.50. The van der Waals surface area contributed by atoms with Crippen molar-refractivity contribution in [2.75, 3.05) is 27.7 Å². The Morgan fingerprint density at radius 2 is 1.65 bits per heavy atom. The van der Waals surface area contributed by atoms with Crippen LogP contribution in [0.3, 0.4) is 0 Å². The fraction of sp³-hybridized carbons (Fsp3) is 0.667. The van der Waals surface area contributed by atoms with Gasteiger partial charge in [-0.15, -0.1) is 0 Å². The molecule has 0 aliphatic heterocycles. The van der Waals surface area contributed by atoms with Crippen molar-refractivity contribution in [1.82, 2.24) is 0 Å². The smallest absolute Gasteiger partial charge is 0.394 e. The summed E-state index contributed by atoms with van der Waals surface area (Å²) in [7, 11) is 1.55. The van der Waals surface area contributed by atoms with Crippen LogP contribution in [0, 0.1) is 0 Å².